The lowest BCUT2D eigenvalue weighted by Gasteiger charge is -2.36. The van der Waals surface area contributed by atoms with Gasteiger partial charge in [0.15, 0.2) is 0 Å². The Morgan fingerprint density at radius 2 is 1.72 bits per heavy atom. The third kappa shape index (κ3) is 2.72. The zero-order valence-corrected chi connectivity index (χ0v) is 12.1. The number of nitrogens with zero attached hydrogens (tertiary/aromatic N) is 1. The molecule has 0 bridgehead atoms. The van der Waals surface area contributed by atoms with Crippen LogP contribution in [-0.2, 0) is 4.74 Å². The van der Waals surface area contributed by atoms with Gasteiger partial charge in [0.25, 0.3) is 0 Å². The Kier molecular flexibility index (Phi) is 3.76. The van der Waals surface area contributed by atoms with E-state index in [1.165, 1.54) is 0 Å². The van der Waals surface area contributed by atoms with Crippen molar-refractivity contribution in [3.8, 4) is 0 Å². The molecule has 0 amide bonds. The first-order valence-corrected chi connectivity index (χ1v) is 7.08. The molecule has 0 spiro atoms. The topological polar surface area (TPSA) is 58.7 Å². The molecule has 2 saturated heterocycles. The van der Waals surface area contributed by atoms with Crippen LogP contribution in [0.4, 0.5) is 0 Å². The minimum Gasteiger partial charge on any atom is -0.393 e. The lowest BCUT2D eigenvalue weighted by atomic mass is 9.82. The van der Waals surface area contributed by atoms with E-state index in [1.54, 1.807) is 0 Å². The van der Waals surface area contributed by atoms with Crippen molar-refractivity contribution in [3.05, 3.63) is 0 Å². The molecule has 4 heteroatoms. The SMILES string of the molecule is CC1(C)OC(C)(C)C(CN2CCC(O)CC2)C1N. The summed E-state index contributed by atoms with van der Waals surface area (Å²) in [6.07, 6.45) is 1.65. The van der Waals surface area contributed by atoms with Gasteiger partial charge in [-0.25, -0.2) is 0 Å². The van der Waals surface area contributed by atoms with E-state index in [2.05, 4.69) is 32.6 Å². The van der Waals surface area contributed by atoms with Gasteiger partial charge in [-0.1, -0.05) is 0 Å². The molecule has 2 aliphatic rings. The van der Waals surface area contributed by atoms with Crippen LogP contribution in [0.25, 0.3) is 0 Å². The normalized spacial score (nSPS) is 37.0. The van der Waals surface area contributed by atoms with Gasteiger partial charge in [-0.2, -0.15) is 0 Å². The predicted molar refractivity (Wildman–Crippen MR) is 72.4 cm³/mol. The molecule has 0 aliphatic carbocycles. The number of ether oxygens (including phenoxy) is 1. The number of aliphatic hydroxyl groups is 1. The van der Waals surface area contributed by atoms with Crippen LogP contribution in [0.1, 0.15) is 40.5 Å². The average molecular weight is 256 g/mol. The first kappa shape index (κ1) is 14.3. The van der Waals surface area contributed by atoms with E-state index in [4.69, 9.17) is 10.5 Å². The van der Waals surface area contributed by atoms with Crippen molar-refractivity contribution in [2.24, 2.45) is 11.7 Å². The molecule has 0 saturated carbocycles. The number of hydrogen-bond acceptors (Lipinski definition) is 4. The van der Waals surface area contributed by atoms with Crippen LogP contribution in [0.15, 0.2) is 0 Å². The van der Waals surface area contributed by atoms with Crippen LogP contribution in [0, 0.1) is 5.92 Å². The largest absolute Gasteiger partial charge is 0.393 e. The zero-order valence-electron chi connectivity index (χ0n) is 12.1. The minimum atomic E-state index is -0.247. The van der Waals surface area contributed by atoms with Crippen LogP contribution in [0.2, 0.25) is 0 Å². The van der Waals surface area contributed by atoms with Gasteiger partial charge in [0.2, 0.25) is 0 Å². The van der Waals surface area contributed by atoms with Gasteiger partial charge < -0.3 is 20.5 Å². The van der Waals surface area contributed by atoms with Gasteiger partial charge in [-0.3, -0.25) is 0 Å². The van der Waals surface area contributed by atoms with E-state index in [0.29, 0.717) is 5.92 Å². The number of nitrogens with two attached hydrogens (primary N) is 1. The van der Waals surface area contributed by atoms with E-state index in [0.717, 1.165) is 32.5 Å². The molecule has 4 nitrogen and oxygen atoms in total. The minimum absolute atomic E-state index is 0.0688. The second-order valence-corrected chi connectivity index (χ2v) is 6.97. The molecule has 106 valence electrons. The highest BCUT2D eigenvalue weighted by atomic mass is 16.5. The summed E-state index contributed by atoms with van der Waals surface area (Å²) < 4.78 is 6.12. The van der Waals surface area contributed by atoms with Crippen LogP contribution in [0.5, 0.6) is 0 Å². The van der Waals surface area contributed by atoms with E-state index in [1.807, 2.05) is 0 Å². The Labute approximate surface area is 110 Å². The lowest BCUT2D eigenvalue weighted by molar-refractivity contribution is -0.0792. The van der Waals surface area contributed by atoms with Gasteiger partial charge in [0, 0.05) is 31.6 Å². The van der Waals surface area contributed by atoms with E-state index in [-0.39, 0.29) is 23.3 Å². The third-order valence-corrected chi connectivity index (χ3v) is 4.67. The summed E-state index contributed by atoms with van der Waals surface area (Å²) in [7, 11) is 0. The van der Waals surface area contributed by atoms with Crippen molar-refractivity contribution < 1.29 is 9.84 Å². The number of likely N-dealkylation sites (tertiary alicyclic amines) is 1. The predicted octanol–water partition coefficient (Wildman–Crippen LogP) is 0.974. The quantitative estimate of drug-likeness (QED) is 0.773. The van der Waals surface area contributed by atoms with Crippen molar-refractivity contribution in [2.75, 3.05) is 19.6 Å². The molecule has 3 N–H and O–H groups in total. The number of piperidine rings is 1. The number of hydrogen-bond donors (Lipinski definition) is 2. The van der Waals surface area contributed by atoms with E-state index < -0.39 is 0 Å². The summed E-state index contributed by atoms with van der Waals surface area (Å²) in [5.41, 5.74) is 5.96. The van der Waals surface area contributed by atoms with Gasteiger partial charge in [0.05, 0.1) is 17.3 Å². The fourth-order valence-electron chi connectivity index (χ4n) is 3.45. The van der Waals surface area contributed by atoms with Gasteiger partial charge in [-0.05, 0) is 40.5 Å². The number of aliphatic hydroxyl groups excluding tert-OH is 1. The van der Waals surface area contributed by atoms with Crippen LogP contribution in [-0.4, -0.2) is 53.0 Å². The summed E-state index contributed by atoms with van der Waals surface area (Å²) in [6.45, 7) is 11.4. The maximum Gasteiger partial charge on any atom is 0.0788 e. The molecule has 18 heavy (non-hydrogen) atoms. The monoisotopic (exact) mass is 256 g/mol. The Bertz CT molecular complexity index is 296. The fourth-order valence-corrected chi connectivity index (χ4v) is 3.45. The third-order valence-electron chi connectivity index (χ3n) is 4.67. The van der Waals surface area contributed by atoms with Crippen LogP contribution in [0.3, 0.4) is 0 Å². The molecule has 2 fully saturated rings. The molecule has 0 radical (unpaired) electrons. The van der Waals surface area contributed by atoms with E-state index in [9.17, 15) is 5.11 Å². The summed E-state index contributed by atoms with van der Waals surface area (Å²) >= 11 is 0. The first-order valence-electron chi connectivity index (χ1n) is 7.08. The Morgan fingerprint density at radius 1 is 1.17 bits per heavy atom. The van der Waals surface area contributed by atoms with Crippen molar-refractivity contribution in [1.29, 1.82) is 0 Å². The summed E-state index contributed by atoms with van der Waals surface area (Å²) in [6, 6.07) is 0.0688. The molecule has 2 heterocycles. The molecular formula is C14H28N2O2. The zero-order chi connectivity index (χ0) is 13.6. The molecule has 0 aromatic rings. The summed E-state index contributed by atoms with van der Waals surface area (Å²) in [4.78, 5) is 2.42. The molecule has 2 rings (SSSR count). The molecule has 0 aromatic heterocycles. The molecule has 2 unspecified atom stereocenters. The highest BCUT2D eigenvalue weighted by Crippen LogP contribution is 2.41. The first-order chi connectivity index (χ1) is 8.22. The molecule has 2 aliphatic heterocycles. The lowest BCUT2D eigenvalue weighted by Crippen LogP contribution is -2.49. The summed E-state index contributed by atoms with van der Waals surface area (Å²) in [5.74, 6) is 0.350. The van der Waals surface area contributed by atoms with Crippen molar-refractivity contribution in [2.45, 2.75) is 63.9 Å². The average Bonchev–Trinajstić information content (AvgIpc) is 2.39. The molecule has 2 atom stereocenters. The molecule has 0 aromatic carbocycles. The Morgan fingerprint density at radius 3 is 2.17 bits per heavy atom. The van der Waals surface area contributed by atoms with Gasteiger partial charge in [0.1, 0.15) is 0 Å². The maximum absolute atomic E-state index is 9.55. The van der Waals surface area contributed by atoms with E-state index >= 15 is 0 Å². The Hall–Kier alpha value is -0.160. The Balaban J connectivity index is 2.00. The standard InChI is InChI=1S/C14H28N2O2/c1-13(2)11(12(15)14(3,4)18-13)9-16-7-5-10(17)6-8-16/h10-12,17H,5-9,15H2,1-4H3. The van der Waals surface area contributed by atoms with Crippen molar-refractivity contribution in [3.63, 3.8) is 0 Å². The van der Waals surface area contributed by atoms with Crippen LogP contribution < -0.4 is 5.73 Å². The second kappa shape index (κ2) is 4.75. The van der Waals surface area contributed by atoms with Gasteiger partial charge >= 0.3 is 0 Å². The highest BCUT2D eigenvalue weighted by molar-refractivity contribution is 5.04. The van der Waals surface area contributed by atoms with Gasteiger partial charge in [-0.15, -0.1) is 0 Å². The maximum atomic E-state index is 9.55. The fraction of sp³-hybridized carbons (Fsp3) is 1.00. The smallest absolute Gasteiger partial charge is 0.0788 e. The van der Waals surface area contributed by atoms with Crippen molar-refractivity contribution in [1.82, 2.24) is 4.90 Å². The summed E-state index contributed by atoms with van der Waals surface area (Å²) in [5, 5.41) is 9.55. The second-order valence-electron chi connectivity index (χ2n) is 6.97. The highest BCUT2D eigenvalue weighted by Gasteiger charge is 2.52. The van der Waals surface area contributed by atoms with Crippen LogP contribution >= 0.6 is 0 Å². The molecular weight excluding hydrogens is 228 g/mol. The number of rotatable bonds is 2. The van der Waals surface area contributed by atoms with Crippen molar-refractivity contribution >= 4 is 0 Å².